The van der Waals surface area contributed by atoms with Crippen LogP contribution in [0.15, 0.2) is 48.7 Å². The molecule has 1 aromatic carbocycles. The summed E-state index contributed by atoms with van der Waals surface area (Å²) >= 11 is 0. The van der Waals surface area contributed by atoms with Crippen molar-refractivity contribution in [2.75, 3.05) is 31.3 Å². The zero-order chi connectivity index (χ0) is 22.7. The molecule has 1 aliphatic rings. The largest absolute Gasteiger partial charge is 0.366 e. The normalized spacial score (nSPS) is 14.1. The number of aromatic nitrogens is 3. The van der Waals surface area contributed by atoms with Crippen LogP contribution in [0.3, 0.4) is 0 Å². The first-order valence-electron chi connectivity index (χ1n) is 11.2. The summed E-state index contributed by atoms with van der Waals surface area (Å²) in [4.78, 5) is 19.1. The molecule has 1 saturated carbocycles. The first kappa shape index (κ1) is 22.0. The first-order valence-corrected chi connectivity index (χ1v) is 11.2. The average molecular weight is 433 g/mol. The second-order valence-corrected chi connectivity index (χ2v) is 9.04. The van der Waals surface area contributed by atoms with Gasteiger partial charge in [0.15, 0.2) is 5.65 Å². The summed E-state index contributed by atoms with van der Waals surface area (Å²) in [5.41, 5.74) is 5.12. The minimum atomic E-state index is -0.125. The molecule has 1 aliphatic carbocycles. The van der Waals surface area contributed by atoms with E-state index in [0.29, 0.717) is 18.4 Å². The number of nitrogens with one attached hydrogen (secondary N) is 2. The summed E-state index contributed by atoms with van der Waals surface area (Å²) < 4.78 is 1.91. The molecule has 7 nitrogen and oxygen atoms in total. The van der Waals surface area contributed by atoms with Crippen molar-refractivity contribution in [2.24, 2.45) is 0 Å². The van der Waals surface area contributed by atoms with Crippen molar-refractivity contribution in [1.82, 2.24) is 19.5 Å². The molecule has 4 rings (SSSR count). The van der Waals surface area contributed by atoms with Gasteiger partial charge < -0.3 is 15.5 Å². The van der Waals surface area contributed by atoms with Crippen LogP contribution < -0.4 is 10.6 Å². The first-order chi connectivity index (χ1) is 15.4. The van der Waals surface area contributed by atoms with E-state index in [1.807, 2.05) is 60.0 Å². The maximum atomic E-state index is 12.1. The maximum absolute atomic E-state index is 12.1. The molecule has 0 radical (unpaired) electrons. The van der Waals surface area contributed by atoms with Crippen molar-refractivity contribution in [3.05, 3.63) is 65.5 Å². The van der Waals surface area contributed by atoms with E-state index in [1.54, 1.807) is 6.08 Å². The highest BCUT2D eigenvalue weighted by Gasteiger charge is 2.27. The molecule has 0 saturated heterocycles. The molecule has 2 heterocycles. The van der Waals surface area contributed by atoms with E-state index in [9.17, 15) is 4.79 Å². The Balaban J connectivity index is 1.48. The van der Waals surface area contributed by atoms with E-state index < -0.39 is 0 Å². The van der Waals surface area contributed by atoms with Crippen LogP contribution >= 0.6 is 0 Å². The third kappa shape index (κ3) is 5.34. The molecule has 0 atom stereocenters. The van der Waals surface area contributed by atoms with Crippen molar-refractivity contribution >= 4 is 23.1 Å². The third-order valence-electron chi connectivity index (χ3n) is 5.54. The van der Waals surface area contributed by atoms with Crippen LogP contribution in [0.4, 0.5) is 11.5 Å². The third-order valence-corrected chi connectivity index (χ3v) is 5.54. The molecule has 0 aliphatic heterocycles. The predicted octanol–water partition coefficient (Wildman–Crippen LogP) is 4.40. The van der Waals surface area contributed by atoms with Gasteiger partial charge in [0.05, 0.1) is 6.20 Å². The second-order valence-electron chi connectivity index (χ2n) is 9.04. The van der Waals surface area contributed by atoms with Gasteiger partial charge in [0.2, 0.25) is 5.91 Å². The van der Waals surface area contributed by atoms with Crippen LogP contribution in [-0.4, -0.2) is 46.0 Å². The zero-order valence-corrected chi connectivity index (χ0v) is 19.3. The molecule has 1 fully saturated rings. The van der Waals surface area contributed by atoms with Gasteiger partial charge in [-0.2, -0.15) is 9.61 Å². The second kappa shape index (κ2) is 9.53. The lowest BCUT2D eigenvalue weighted by Gasteiger charge is -2.12. The number of carbonyl (C=O) groups is 1. The van der Waals surface area contributed by atoms with Gasteiger partial charge in [0.1, 0.15) is 5.82 Å². The highest BCUT2D eigenvalue weighted by atomic mass is 16.1. The molecule has 2 aromatic heterocycles. The lowest BCUT2D eigenvalue weighted by Crippen LogP contribution is -2.13. The number of benzene rings is 1. The van der Waals surface area contributed by atoms with Crippen molar-refractivity contribution in [2.45, 2.75) is 45.1 Å². The van der Waals surface area contributed by atoms with Gasteiger partial charge in [0.25, 0.3) is 0 Å². The predicted molar refractivity (Wildman–Crippen MR) is 129 cm³/mol. The Labute approximate surface area is 189 Å². The van der Waals surface area contributed by atoms with Gasteiger partial charge in [0, 0.05) is 48.1 Å². The smallest absolute Gasteiger partial charge is 0.248 e. The highest BCUT2D eigenvalue weighted by Crippen LogP contribution is 2.40. The molecule has 32 heavy (non-hydrogen) atoms. The molecule has 168 valence electrons. The monoisotopic (exact) mass is 432 g/mol. The topological polar surface area (TPSA) is 74.6 Å². The van der Waals surface area contributed by atoms with E-state index in [2.05, 4.69) is 35.6 Å². The quantitative estimate of drug-likeness (QED) is 0.490. The van der Waals surface area contributed by atoms with Crippen molar-refractivity contribution in [3.63, 3.8) is 0 Å². The fourth-order valence-electron chi connectivity index (χ4n) is 3.63. The summed E-state index contributed by atoms with van der Waals surface area (Å²) in [5.74, 6) is 1.76. The molecular weight excluding hydrogens is 400 g/mol. The van der Waals surface area contributed by atoms with Gasteiger partial charge in [-0.3, -0.25) is 4.79 Å². The van der Waals surface area contributed by atoms with Gasteiger partial charge in [-0.15, -0.1) is 0 Å². The number of fused-ring (bicyclic) bond motifs is 1. The Bertz CT molecular complexity index is 1130. The van der Waals surface area contributed by atoms with E-state index in [1.165, 1.54) is 18.4 Å². The van der Waals surface area contributed by atoms with Gasteiger partial charge >= 0.3 is 0 Å². The molecule has 3 aromatic rings. The van der Waals surface area contributed by atoms with Crippen molar-refractivity contribution in [3.8, 4) is 0 Å². The summed E-state index contributed by atoms with van der Waals surface area (Å²) in [5, 5.41) is 11.1. The lowest BCUT2D eigenvalue weighted by molar-refractivity contribution is -0.111. The fraction of sp³-hybridized carbons (Fsp3) is 0.400. The fourth-order valence-corrected chi connectivity index (χ4v) is 3.63. The van der Waals surface area contributed by atoms with Gasteiger partial charge in [-0.1, -0.05) is 32.1 Å². The SMILES string of the molecule is CC(C)c1cnn2c(NCc3cccc(NC(=O)/C=C/CN(C)C)c3)cc(C3CC3)nc12. The van der Waals surface area contributed by atoms with Crippen LogP contribution in [0.25, 0.3) is 5.65 Å². The van der Waals surface area contributed by atoms with Crippen LogP contribution in [0, 0.1) is 0 Å². The Hall–Kier alpha value is -3.19. The van der Waals surface area contributed by atoms with E-state index in [0.717, 1.165) is 35.0 Å². The summed E-state index contributed by atoms with van der Waals surface area (Å²) in [6.07, 6.45) is 7.76. The molecular formula is C25H32N6O. The number of hydrogen-bond donors (Lipinski definition) is 2. The Morgan fingerprint density at radius 1 is 1.28 bits per heavy atom. The molecule has 0 bridgehead atoms. The minimum absolute atomic E-state index is 0.125. The number of hydrogen-bond acceptors (Lipinski definition) is 5. The summed E-state index contributed by atoms with van der Waals surface area (Å²) in [6, 6.07) is 10.0. The number of nitrogens with zero attached hydrogens (tertiary/aromatic N) is 4. The van der Waals surface area contributed by atoms with Crippen LogP contribution in [0.5, 0.6) is 0 Å². The average Bonchev–Trinajstić information content (AvgIpc) is 3.50. The number of anilines is 2. The summed E-state index contributed by atoms with van der Waals surface area (Å²) in [7, 11) is 3.94. The zero-order valence-electron chi connectivity index (χ0n) is 19.3. The summed E-state index contributed by atoms with van der Waals surface area (Å²) in [6.45, 7) is 5.70. The number of rotatable bonds is 9. The Morgan fingerprint density at radius 2 is 2.09 bits per heavy atom. The molecule has 2 N–H and O–H groups in total. The molecule has 1 amide bonds. The highest BCUT2D eigenvalue weighted by molar-refractivity contribution is 5.99. The molecule has 0 unspecified atom stereocenters. The van der Waals surface area contributed by atoms with Crippen LogP contribution in [0.2, 0.25) is 0 Å². The molecule has 0 spiro atoms. The number of amides is 1. The Kier molecular flexibility index (Phi) is 6.55. The lowest BCUT2D eigenvalue weighted by atomic mass is 10.1. The van der Waals surface area contributed by atoms with Crippen molar-refractivity contribution in [1.29, 1.82) is 0 Å². The maximum Gasteiger partial charge on any atom is 0.248 e. The van der Waals surface area contributed by atoms with Crippen LogP contribution in [-0.2, 0) is 11.3 Å². The van der Waals surface area contributed by atoms with Crippen molar-refractivity contribution < 1.29 is 4.79 Å². The van der Waals surface area contributed by atoms with E-state index in [4.69, 9.17) is 4.98 Å². The van der Waals surface area contributed by atoms with E-state index in [-0.39, 0.29) is 5.91 Å². The molecule has 7 heteroatoms. The number of likely N-dealkylation sites (N-methyl/N-ethyl adjacent to an activating group) is 1. The Morgan fingerprint density at radius 3 is 2.81 bits per heavy atom. The van der Waals surface area contributed by atoms with E-state index >= 15 is 0 Å². The standard InChI is InChI=1S/C25H32N6O/c1-17(2)21-16-27-31-23(14-22(19-10-11-19)29-25(21)31)26-15-18-7-5-8-20(13-18)28-24(32)9-6-12-30(3)4/h5-9,13-14,16-17,19,26H,10-12,15H2,1-4H3,(H,28,32)/b9-6+. The minimum Gasteiger partial charge on any atom is -0.366 e. The van der Waals surface area contributed by atoms with Gasteiger partial charge in [-0.25, -0.2) is 4.98 Å². The number of carbonyl (C=O) groups excluding carboxylic acids is 1. The van der Waals surface area contributed by atoms with Gasteiger partial charge in [-0.05, 0) is 50.6 Å². The van der Waals surface area contributed by atoms with Crippen LogP contribution in [0.1, 0.15) is 55.3 Å².